The lowest BCUT2D eigenvalue weighted by Crippen LogP contribution is -2.25. The van der Waals surface area contributed by atoms with Crippen LogP contribution in [-0.2, 0) is 4.74 Å². The highest BCUT2D eigenvalue weighted by atomic mass is 16.5. The Morgan fingerprint density at radius 1 is 1.37 bits per heavy atom. The molecule has 0 aromatic heterocycles. The van der Waals surface area contributed by atoms with Crippen molar-refractivity contribution in [1.29, 1.82) is 0 Å². The molecule has 0 bridgehead atoms. The van der Waals surface area contributed by atoms with Crippen LogP contribution in [0.3, 0.4) is 0 Å². The molecule has 5 heteroatoms. The first kappa shape index (κ1) is 13.8. The van der Waals surface area contributed by atoms with Crippen LogP contribution in [0, 0.1) is 0 Å². The quantitative estimate of drug-likeness (QED) is 0.815. The van der Waals surface area contributed by atoms with E-state index in [4.69, 9.17) is 19.9 Å². The third kappa shape index (κ3) is 2.88. The smallest absolute Gasteiger partial charge is 0.195 e. The predicted octanol–water partition coefficient (Wildman–Crippen LogP) is 1.39. The maximum absolute atomic E-state index is 12.5. The van der Waals surface area contributed by atoms with Gasteiger partial charge in [0.05, 0.1) is 25.9 Å². The van der Waals surface area contributed by atoms with Crippen molar-refractivity contribution in [2.75, 3.05) is 20.8 Å². The summed E-state index contributed by atoms with van der Waals surface area (Å²) in [6.07, 6.45) is 1.06. The molecular formula is C14H19NO4. The molecule has 1 saturated heterocycles. The van der Waals surface area contributed by atoms with Crippen LogP contribution in [0.15, 0.2) is 18.2 Å². The van der Waals surface area contributed by atoms with E-state index in [1.54, 1.807) is 25.3 Å². The first-order valence-electron chi connectivity index (χ1n) is 6.31. The van der Waals surface area contributed by atoms with Crippen molar-refractivity contribution in [3.05, 3.63) is 23.8 Å². The summed E-state index contributed by atoms with van der Waals surface area (Å²) >= 11 is 0. The van der Waals surface area contributed by atoms with E-state index < -0.39 is 6.10 Å². The van der Waals surface area contributed by atoms with Crippen molar-refractivity contribution in [2.45, 2.75) is 25.0 Å². The fraction of sp³-hybridized carbons (Fsp3) is 0.500. The van der Waals surface area contributed by atoms with Gasteiger partial charge in [-0.1, -0.05) is 0 Å². The van der Waals surface area contributed by atoms with Gasteiger partial charge in [0.2, 0.25) is 0 Å². The van der Waals surface area contributed by atoms with E-state index in [2.05, 4.69) is 0 Å². The Hall–Kier alpha value is -1.59. The molecule has 0 amide bonds. The summed E-state index contributed by atoms with van der Waals surface area (Å²) in [7, 11) is 3.10. The van der Waals surface area contributed by atoms with Crippen LogP contribution >= 0.6 is 0 Å². The van der Waals surface area contributed by atoms with E-state index in [0.29, 0.717) is 30.0 Å². The van der Waals surface area contributed by atoms with Crippen molar-refractivity contribution in [1.82, 2.24) is 0 Å². The van der Waals surface area contributed by atoms with Gasteiger partial charge in [-0.15, -0.1) is 0 Å². The Labute approximate surface area is 112 Å². The number of benzene rings is 1. The molecule has 2 unspecified atom stereocenters. The highest BCUT2D eigenvalue weighted by molar-refractivity contribution is 6.02. The summed E-state index contributed by atoms with van der Waals surface area (Å²) < 4.78 is 16.0. The lowest BCUT2D eigenvalue weighted by atomic mass is 10.0. The maximum Gasteiger partial charge on any atom is 0.195 e. The van der Waals surface area contributed by atoms with E-state index >= 15 is 0 Å². The number of ketones is 1. The number of ether oxygens (including phenoxy) is 3. The van der Waals surface area contributed by atoms with Crippen molar-refractivity contribution in [2.24, 2.45) is 5.73 Å². The second kappa shape index (κ2) is 6.04. The number of hydrogen-bond donors (Lipinski definition) is 1. The van der Waals surface area contributed by atoms with Gasteiger partial charge in [0.15, 0.2) is 5.78 Å². The monoisotopic (exact) mass is 265 g/mol. The Morgan fingerprint density at radius 3 is 2.74 bits per heavy atom. The second-order valence-electron chi connectivity index (χ2n) is 4.49. The second-order valence-corrected chi connectivity index (χ2v) is 4.49. The fourth-order valence-corrected chi connectivity index (χ4v) is 2.25. The molecule has 1 aliphatic rings. The van der Waals surface area contributed by atoms with Crippen LogP contribution in [0.2, 0.25) is 0 Å². The van der Waals surface area contributed by atoms with Gasteiger partial charge in [-0.2, -0.15) is 0 Å². The van der Waals surface area contributed by atoms with Gasteiger partial charge < -0.3 is 19.9 Å². The number of carbonyl (C=O) groups is 1. The molecule has 1 aromatic carbocycles. The molecule has 2 rings (SSSR count). The van der Waals surface area contributed by atoms with E-state index in [0.717, 1.165) is 6.42 Å². The lowest BCUT2D eigenvalue weighted by Gasteiger charge is -2.14. The third-order valence-electron chi connectivity index (χ3n) is 3.33. The van der Waals surface area contributed by atoms with E-state index in [9.17, 15) is 4.79 Å². The first-order valence-corrected chi connectivity index (χ1v) is 6.31. The summed E-state index contributed by atoms with van der Waals surface area (Å²) in [4.78, 5) is 12.5. The average molecular weight is 265 g/mol. The Morgan fingerprint density at radius 2 is 2.16 bits per heavy atom. The van der Waals surface area contributed by atoms with Crippen LogP contribution < -0.4 is 15.2 Å². The molecule has 5 nitrogen and oxygen atoms in total. The number of hydrogen-bond acceptors (Lipinski definition) is 5. The summed E-state index contributed by atoms with van der Waals surface area (Å²) in [5.74, 6) is 1.08. The molecule has 2 atom stereocenters. The van der Waals surface area contributed by atoms with Gasteiger partial charge in [0.25, 0.3) is 0 Å². The SMILES string of the molecule is COc1ccc(OC)c(C(=O)C2CCC(CN)O2)c1. The molecule has 0 aliphatic carbocycles. The Bertz CT molecular complexity index is 461. The van der Waals surface area contributed by atoms with Gasteiger partial charge >= 0.3 is 0 Å². The molecule has 0 radical (unpaired) electrons. The number of carbonyl (C=O) groups excluding carboxylic acids is 1. The van der Waals surface area contributed by atoms with Crippen LogP contribution in [0.25, 0.3) is 0 Å². The summed E-state index contributed by atoms with van der Waals surface area (Å²) in [6, 6.07) is 5.16. The molecule has 19 heavy (non-hydrogen) atoms. The van der Waals surface area contributed by atoms with Crippen LogP contribution in [0.4, 0.5) is 0 Å². The Kier molecular flexibility index (Phi) is 4.39. The molecule has 1 aliphatic heterocycles. The number of Topliss-reactive ketones (excluding diaryl/α,β-unsaturated/α-hetero) is 1. The minimum Gasteiger partial charge on any atom is -0.497 e. The van der Waals surface area contributed by atoms with Crippen LogP contribution in [0.5, 0.6) is 11.5 Å². The molecular weight excluding hydrogens is 246 g/mol. The topological polar surface area (TPSA) is 70.8 Å². The largest absolute Gasteiger partial charge is 0.497 e. The lowest BCUT2D eigenvalue weighted by molar-refractivity contribution is 0.0402. The zero-order valence-electron chi connectivity index (χ0n) is 11.2. The van der Waals surface area contributed by atoms with Gasteiger partial charge in [-0.25, -0.2) is 0 Å². The van der Waals surface area contributed by atoms with Gasteiger partial charge in [-0.3, -0.25) is 4.79 Å². The van der Waals surface area contributed by atoms with Crippen molar-refractivity contribution in [3.8, 4) is 11.5 Å². The molecule has 104 valence electrons. The molecule has 1 aromatic rings. The average Bonchev–Trinajstić information content (AvgIpc) is 2.94. The van der Waals surface area contributed by atoms with Crippen LogP contribution in [0.1, 0.15) is 23.2 Å². The third-order valence-corrected chi connectivity index (χ3v) is 3.33. The van der Waals surface area contributed by atoms with E-state index in [1.165, 1.54) is 7.11 Å². The molecule has 1 fully saturated rings. The highest BCUT2D eigenvalue weighted by Gasteiger charge is 2.32. The predicted molar refractivity (Wildman–Crippen MR) is 70.8 cm³/mol. The standard InChI is InChI=1S/C14H19NO4/c1-17-9-3-5-12(18-2)11(7-9)14(16)13-6-4-10(8-15)19-13/h3,5,7,10,13H,4,6,8,15H2,1-2H3. The van der Waals surface area contributed by atoms with Gasteiger partial charge in [0.1, 0.15) is 17.6 Å². The summed E-state index contributed by atoms with van der Waals surface area (Å²) in [5, 5.41) is 0. The van der Waals surface area contributed by atoms with E-state index in [-0.39, 0.29) is 11.9 Å². The van der Waals surface area contributed by atoms with Crippen molar-refractivity contribution in [3.63, 3.8) is 0 Å². The Balaban J connectivity index is 2.22. The zero-order chi connectivity index (χ0) is 13.8. The number of methoxy groups -OCH3 is 2. The molecule has 1 heterocycles. The van der Waals surface area contributed by atoms with Gasteiger partial charge in [-0.05, 0) is 31.0 Å². The molecule has 0 spiro atoms. The van der Waals surface area contributed by atoms with E-state index in [1.807, 2.05) is 0 Å². The van der Waals surface area contributed by atoms with Crippen LogP contribution in [-0.4, -0.2) is 38.8 Å². The van der Waals surface area contributed by atoms with Gasteiger partial charge in [0, 0.05) is 6.54 Å². The minimum atomic E-state index is -0.436. The van der Waals surface area contributed by atoms with Crippen molar-refractivity contribution >= 4 is 5.78 Å². The summed E-state index contributed by atoms with van der Waals surface area (Å²) in [6.45, 7) is 0.443. The number of rotatable bonds is 5. The zero-order valence-corrected chi connectivity index (χ0v) is 11.2. The normalized spacial score (nSPS) is 22.3. The molecule has 0 saturated carbocycles. The summed E-state index contributed by atoms with van der Waals surface area (Å²) in [5.41, 5.74) is 6.05. The first-order chi connectivity index (χ1) is 9.19. The fourth-order valence-electron chi connectivity index (χ4n) is 2.25. The van der Waals surface area contributed by atoms with Crippen molar-refractivity contribution < 1.29 is 19.0 Å². The highest BCUT2D eigenvalue weighted by Crippen LogP contribution is 2.29. The maximum atomic E-state index is 12.5. The molecule has 2 N–H and O–H groups in total. The minimum absolute atomic E-state index is 0.0226. The number of nitrogens with two attached hydrogens (primary N) is 1.